The smallest absolute Gasteiger partial charge is 0.126 e. The Hall–Kier alpha value is -1.96. The van der Waals surface area contributed by atoms with Crippen molar-refractivity contribution in [3.05, 3.63) is 82.9 Å². The van der Waals surface area contributed by atoms with Crippen LogP contribution in [0.15, 0.2) is 49.1 Å². The minimum Gasteiger partial charge on any atom is -0.207 e. The van der Waals surface area contributed by atoms with E-state index in [0.29, 0.717) is 23.7 Å². The first-order valence-corrected chi connectivity index (χ1v) is 14.8. The van der Waals surface area contributed by atoms with Gasteiger partial charge < -0.3 is 0 Å². The molecule has 3 saturated carbocycles. The summed E-state index contributed by atoms with van der Waals surface area (Å²) in [5.74, 6) is 3.62. The van der Waals surface area contributed by atoms with E-state index in [0.717, 1.165) is 55.1 Å². The zero-order chi connectivity index (χ0) is 25.1. The Labute approximate surface area is 217 Å². The van der Waals surface area contributed by atoms with Crippen LogP contribution in [0, 0.1) is 29.4 Å². The third kappa shape index (κ3) is 5.63. The van der Waals surface area contributed by atoms with Crippen LogP contribution in [0.1, 0.15) is 124 Å². The second kappa shape index (κ2) is 11.6. The number of hydrogen-bond acceptors (Lipinski definition) is 0. The maximum atomic E-state index is 15.2. The summed E-state index contributed by atoms with van der Waals surface area (Å²) >= 11 is 0. The maximum Gasteiger partial charge on any atom is 0.126 e. The van der Waals surface area contributed by atoms with Crippen LogP contribution in [0.5, 0.6) is 0 Å². The summed E-state index contributed by atoms with van der Waals surface area (Å²) in [7, 11) is 0. The van der Waals surface area contributed by atoms with Crippen LogP contribution in [0.4, 0.5) is 8.78 Å². The maximum absolute atomic E-state index is 15.2. The molecule has 0 aliphatic heterocycles. The molecule has 194 valence electrons. The molecule has 0 bridgehead atoms. The van der Waals surface area contributed by atoms with Crippen LogP contribution in [0.2, 0.25) is 0 Å². The average molecular weight is 491 g/mol. The minimum absolute atomic E-state index is 0.0311. The lowest BCUT2D eigenvalue weighted by Gasteiger charge is -2.38. The first-order chi connectivity index (χ1) is 17.6. The molecular formula is C34H44F2. The van der Waals surface area contributed by atoms with Gasteiger partial charge in [-0.25, -0.2) is 8.78 Å². The Balaban J connectivity index is 1.12. The summed E-state index contributed by atoms with van der Waals surface area (Å²) in [6, 6.07) is 12.1. The van der Waals surface area contributed by atoms with Gasteiger partial charge in [-0.1, -0.05) is 37.3 Å². The largest absolute Gasteiger partial charge is 0.207 e. The van der Waals surface area contributed by atoms with E-state index in [1.54, 1.807) is 6.07 Å². The summed E-state index contributed by atoms with van der Waals surface area (Å²) < 4.78 is 29.5. The van der Waals surface area contributed by atoms with Gasteiger partial charge in [-0.3, -0.25) is 0 Å². The van der Waals surface area contributed by atoms with Gasteiger partial charge in [0.2, 0.25) is 0 Å². The Kier molecular flexibility index (Phi) is 8.28. The number of aryl methyl sites for hydroxylation is 1. The highest BCUT2D eigenvalue weighted by Gasteiger charge is 2.33. The van der Waals surface area contributed by atoms with E-state index in [1.807, 2.05) is 19.1 Å². The van der Waals surface area contributed by atoms with E-state index >= 15 is 4.39 Å². The second-order valence-electron chi connectivity index (χ2n) is 12.1. The fraction of sp³-hybridized carbons (Fsp3) is 0.588. The molecule has 0 N–H and O–H groups in total. The summed E-state index contributed by atoms with van der Waals surface area (Å²) in [6.45, 7) is 5.96. The molecule has 2 heteroatoms. The van der Waals surface area contributed by atoms with Crippen molar-refractivity contribution in [1.82, 2.24) is 0 Å². The van der Waals surface area contributed by atoms with Crippen LogP contribution in [0.3, 0.4) is 0 Å². The molecule has 0 saturated heterocycles. The molecule has 2 aromatic carbocycles. The van der Waals surface area contributed by atoms with Crippen LogP contribution in [0.25, 0.3) is 0 Å². The lowest BCUT2D eigenvalue weighted by atomic mass is 9.67. The number of rotatable bonds is 6. The molecule has 3 aliphatic carbocycles. The average Bonchev–Trinajstić information content (AvgIpc) is 2.93. The van der Waals surface area contributed by atoms with Gasteiger partial charge in [0.25, 0.3) is 0 Å². The van der Waals surface area contributed by atoms with Gasteiger partial charge in [-0.15, -0.1) is 6.58 Å². The predicted octanol–water partition coefficient (Wildman–Crippen LogP) is 10.2. The predicted molar refractivity (Wildman–Crippen MR) is 146 cm³/mol. The van der Waals surface area contributed by atoms with Crippen LogP contribution in [-0.2, 0) is 6.42 Å². The summed E-state index contributed by atoms with van der Waals surface area (Å²) in [5, 5.41) is 0. The van der Waals surface area contributed by atoms with Crippen molar-refractivity contribution < 1.29 is 8.78 Å². The minimum atomic E-state index is -0.0317. The third-order valence-electron chi connectivity index (χ3n) is 10.2. The van der Waals surface area contributed by atoms with Crippen molar-refractivity contribution in [2.45, 2.75) is 108 Å². The van der Waals surface area contributed by atoms with Gasteiger partial charge in [0, 0.05) is 0 Å². The molecule has 36 heavy (non-hydrogen) atoms. The highest BCUT2D eigenvalue weighted by molar-refractivity contribution is 5.30. The molecule has 0 aromatic heterocycles. The second-order valence-corrected chi connectivity index (χ2v) is 12.1. The first kappa shape index (κ1) is 25.7. The van der Waals surface area contributed by atoms with Gasteiger partial charge in [0.15, 0.2) is 0 Å². The van der Waals surface area contributed by atoms with Gasteiger partial charge in [-0.05, 0) is 153 Å². The van der Waals surface area contributed by atoms with E-state index in [-0.39, 0.29) is 11.6 Å². The lowest BCUT2D eigenvalue weighted by molar-refractivity contribution is 0.176. The molecule has 0 spiro atoms. The van der Waals surface area contributed by atoms with E-state index in [1.165, 1.54) is 62.5 Å². The highest BCUT2D eigenvalue weighted by Crippen LogP contribution is 2.46. The third-order valence-corrected chi connectivity index (χ3v) is 10.2. The lowest BCUT2D eigenvalue weighted by Crippen LogP contribution is -2.25. The van der Waals surface area contributed by atoms with Gasteiger partial charge in [0.05, 0.1) is 0 Å². The van der Waals surface area contributed by atoms with Crippen LogP contribution >= 0.6 is 0 Å². The highest BCUT2D eigenvalue weighted by atomic mass is 19.1. The molecular weight excluding hydrogens is 446 g/mol. The fourth-order valence-corrected chi connectivity index (χ4v) is 7.75. The molecule has 0 heterocycles. The molecule has 3 fully saturated rings. The van der Waals surface area contributed by atoms with E-state index in [4.69, 9.17) is 0 Å². The van der Waals surface area contributed by atoms with Crippen molar-refractivity contribution in [3.63, 3.8) is 0 Å². The summed E-state index contributed by atoms with van der Waals surface area (Å²) in [4.78, 5) is 0. The van der Waals surface area contributed by atoms with Gasteiger partial charge >= 0.3 is 0 Å². The molecule has 2 aromatic rings. The topological polar surface area (TPSA) is 0 Å². The molecule has 0 atom stereocenters. The molecule has 3 aliphatic rings. The van der Waals surface area contributed by atoms with Crippen molar-refractivity contribution in [2.24, 2.45) is 17.8 Å². The van der Waals surface area contributed by atoms with Crippen molar-refractivity contribution >= 4 is 0 Å². The summed E-state index contributed by atoms with van der Waals surface area (Å²) in [5.41, 5.74) is 4.18. The molecule has 5 rings (SSSR count). The van der Waals surface area contributed by atoms with Crippen LogP contribution < -0.4 is 0 Å². The molecule has 0 unspecified atom stereocenters. The Morgan fingerprint density at radius 2 is 1.17 bits per heavy atom. The molecule has 0 nitrogen and oxygen atoms in total. The zero-order valence-electron chi connectivity index (χ0n) is 22.2. The number of hydrogen-bond donors (Lipinski definition) is 0. The Morgan fingerprint density at radius 3 is 1.67 bits per heavy atom. The van der Waals surface area contributed by atoms with E-state index < -0.39 is 0 Å². The number of benzene rings is 2. The summed E-state index contributed by atoms with van der Waals surface area (Å²) in [6.07, 6.45) is 17.1. The normalized spacial score (nSPS) is 31.2. The SMILES string of the molecule is C=CC1CCC(c2ccc(C3CCC(C4CCC(c5ccc(CC)c(F)c5)CC4)CC3)c(F)c2)CC1. The van der Waals surface area contributed by atoms with Crippen LogP contribution in [-0.4, -0.2) is 0 Å². The Bertz CT molecular complexity index is 1020. The number of allylic oxidation sites excluding steroid dienone is 1. The zero-order valence-corrected chi connectivity index (χ0v) is 22.2. The standard InChI is InChI=1S/C34H44F2/c1-3-23-5-7-27(8-6-23)31-19-20-32(34(36)22-31)29-16-14-26(15-17-29)25-10-12-28(13-11-25)30-18-9-24(4-2)33(35)21-30/h3,9,18-23,25-29H,1,4-8,10-17H2,2H3. The molecule has 0 radical (unpaired) electrons. The quantitative estimate of drug-likeness (QED) is 0.353. The molecule has 0 amide bonds. The van der Waals surface area contributed by atoms with Crippen molar-refractivity contribution in [2.75, 3.05) is 0 Å². The first-order valence-electron chi connectivity index (χ1n) is 14.8. The monoisotopic (exact) mass is 490 g/mol. The van der Waals surface area contributed by atoms with Gasteiger partial charge in [-0.2, -0.15) is 0 Å². The van der Waals surface area contributed by atoms with Crippen molar-refractivity contribution in [3.8, 4) is 0 Å². The van der Waals surface area contributed by atoms with Gasteiger partial charge in [0.1, 0.15) is 11.6 Å². The Morgan fingerprint density at radius 1 is 0.667 bits per heavy atom. The van der Waals surface area contributed by atoms with E-state index in [9.17, 15) is 4.39 Å². The number of halogens is 2. The fourth-order valence-electron chi connectivity index (χ4n) is 7.75. The van der Waals surface area contributed by atoms with E-state index in [2.05, 4.69) is 30.9 Å². The van der Waals surface area contributed by atoms with Crippen molar-refractivity contribution in [1.29, 1.82) is 0 Å².